The minimum Gasteiger partial charge on any atom is -0.480 e. The number of carboxylic acid groups (broad SMARTS) is 1. The van der Waals surface area contributed by atoms with Gasteiger partial charge in [0.05, 0.1) is 6.54 Å². The summed E-state index contributed by atoms with van der Waals surface area (Å²) in [5.74, 6) is -3.81. The van der Waals surface area contributed by atoms with Crippen molar-refractivity contribution in [3.63, 3.8) is 0 Å². The zero-order valence-electron chi connectivity index (χ0n) is 31.6. The minimum atomic E-state index is -1.36. The molecule has 0 aliphatic carbocycles. The number of benzene rings is 5. The lowest BCUT2D eigenvalue weighted by molar-refractivity contribution is -0.142. The molecule has 5 aromatic carbocycles. The van der Waals surface area contributed by atoms with E-state index in [4.69, 9.17) is 0 Å². The van der Waals surface area contributed by atoms with Gasteiger partial charge in [0.15, 0.2) is 0 Å². The number of urea groups is 1. The van der Waals surface area contributed by atoms with Crippen molar-refractivity contribution in [2.45, 2.75) is 56.8 Å². The lowest BCUT2D eigenvalue weighted by atomic mass is 9.99. The molecule has 296 valence electrons. The van der Waals surface area contributed by atoms with Crippen molar-refractivity contribution < 1.29 is 33.9 Å². The lowest BCUT2D eigenvalue weighted by Gasteiger charge is -2.28. The van der Waals surface area contributed by atoms with Crippen LogP contribution in [0.25, 0.3) is 11.1 Å². The van der Waals surface area contributed by atoms with Crippen LogP contribution in [0.4, 0.5) is 10.5 Å². The maximum Gasteiger partial charge on any atom is 0.337 e. The molecule has 0 spiro atoms. The fourth-order valence-electron chi connectivity index (χ4n) is 6.48. The van der Waals surface area contributed by atoms with Crippen molar-refractivity contribution in [3.8, 4) is 11.1 Å². The lowest BCUT2D eigenvalue weighted by Crippen LogP contribution is -2.59. The number of nitrogens with one attached hydrogen (secondary N) is 5. The highest BCUT2D eigenvalue weighted by Crippen LogP contribution is 2.20. The molecule has 3 atom stereocenters. The summed E-state index contributed by atoms with van der Waals surface area (Å²) in [7, 11) is 0. The van der Waals surface area contributed by atoms with E-state index in [1.54, 1.807) is 72.8 Å². The van der Waals surface area contributed by atoms with Crippen molar-refractivity contribution in [1.82, 2.24) is 26.4 Å². The first-order valence-electron chi connectivity index (χ1n) is 18.9. The quantitative estimate of drug-likeness (QED) is 0.122. The number of carboxylic acids is 1. The molecule has 13 nitrogen and oxygen atoms in total. The van der Waals surface area contributed by atoms with Crippen LogP contribution in [0.5, 0.6) is 0 Å². The molecule has 58 heavy (non-hydrogen) atoms. The second-order valence-electron chi connectivity index (χ2n) is 14.0. The summed E-state index contributed by atoms with van der Waals surface area (Å²) in [6.07, 6.45) is -0.533. The number of nitrogens with zero attached hydrogens (tertiary/aromatic N) is 1. The number of carbonyl (C=O) groups excluding carboxylic acids is 5. The highest BCUT2D eigenvalue weighted by molar-refractivity contribution is 5.95. The maximum absolute atomic E-state index is 14.4. The number of rotatable bonds is 8. The fourth-order valence-corrected chi connectivity index (χ4v) is 6.48. The van der Waals surface area contributed by atoms with E-state index in [0.717, 1.165) is 16.1 Å². The predicted molar refractivity (Wildman–Crippen MR) is 218 cm³/mol. The topological polar surface area (TPSA) is 186 Å². The van der Waals surface area contributed by atoms with Gasteiger partial charge in [0.2, 0.25) is 23.6 Å². The summed E-state index contributed by atoms with van der Waals surface area (Å²) in [5.41, 5.74) is 7.60. The first-order chi connectivity index (χ1) is 28.1. The maximum atomic E-state index is 14.4. The van der Waals surface area contributed by atoms with E-state index in [2.05, 4.69) is 26.7 Å². The van der Waals surface area contributed by atoms with Gasteiger partial charge in [0, 0.05) is 37.8 Å². The number of hydrazine groups is 1. The molecule has 0 aromatic heterocycles. The summed E-state index contributed by atoms with van der Waals surface area (Å²) < 4.78 is 0. The van der Waals surface area contributed by atoms with Gasteiger partial charge in [-0.3, -0.25) is 24.6 Å². The largest absolute Gasteiger partial charge is 0.480 e. The molecular weight excluding hydrogens is 737 g/mol. The molecule has 2 heterocycles. The number of amides is 6. The molecule has 0 saturated heterocycles. The number of hydrogen-bond donors (Lipinski definition) is 6. The molecule has 13 heteroatoms. The SMILES string of the molecule is O=C1CCC(=O)NN(Cc2ccccc2)C(=O)N[C@@H](Cc2ccc(-c3ccccc3)cc2)C(=O)N[C@H](Cc2ccccc2)C(=O)N[C@H](C(=O)O)Cc2ccc(cc2)N1. The van der Waals surface area contributed by atoms with Gasteiger partial charge in [-0.05, 0) is 45.5 Å². The van der Waals surface area contributed by atoms with Crippen LogP contribution < -0.4 is 26.7 Å². The monoisotopic (exact) mass is 780 g/mol. The van der Waals surface area contributed by atoms with Crippen LogP contribution in [-0.4, -0.2) is 63.9 Å². The molecule has 5 aromatic rings. The summed E-state index contributed by atoms with van der Waals surface area (Å²) >= 11 is 0. The number of anilines is 1. The Bertz CT molecular complexity index is 2200. The standard InChI is InChI=1S/C45H44N6O7/c52-40-24-25-41(53)50-51(29-33-12-6-2-7-13-33)45(58)49-38(27-31-16-20-35(21-17-31)34-14-8-3-9-15-34)43(55)47-37(26-30-10-4-1-5-11-30)42(54)48-39(44(56)57)28-32-18-22-36(46-40)23-19-32/h1-23,37-39H,24-29H2,(H,46,52)(H,47,55)(H,48,54)(H,49,58)(H,50,53)(H,56,57)/t37-,38+,39+/m1/s1. The summed E-state index contributed by atoms with van der Waals surface area (Å²) in [5, 5.41) is 22.1. The zero-order chi connectivity index (χ0) is 40.9. The summed E-state index contributed by atoms with van der Waals surface area (Å²) in [6.45, 7) is -0.0767. The number of aliphatic carboxylic acids is 1. The Morgan fingerprint density at radius 2 is 1.09 bits per heavy atom. The Labute approximate surface area is 335 Å². The van der Waals surface area contributed by atoms with E-state index < -0.39 is 53.8 Å². The Morgan fingerprint density at radius 1 is 0.569 bits per heavy atom. The third-order valence-electron chi connectivity index (χ3n) is 9.59. The van der Waals surface area contributed by atoms with Crippen molar-refractivity contribution in [2.75, 3.05) is 5.32 Å². The van der Waals surface area contributed by atoms with E-state index >= 15 is 0 Å². The molecule has 0 fully saturated rings. The zero-order valence-corrected chi connectivity index (χ0v) is 31.6. The Morgan fingerprint density at radius 3 is 1.71 bits per heavy atom. The first kappa shape index (κ1) is 40.4. The predicted octanol–water partition coefficient (Wildman–Crippen LogP) is 4.78. The van der Waals surface area contributed by atoms with Crippen molar-refractivity contribution >= 4 is 41.3 Å². The molecular formula is C45H44N6O7. The van der Waals surface area contributed by atoms with Gasteiger partial charge in [0.25, 0.3) is 0 Å². The van der Waals surface area contributed by atoms with Crippen molar-refractivity contribution in [1.29, 1.82) is 0 Å². The molecule has 2 bridgehead atoms. The highest BCUT2D eigenvalue weighted by Gasteiger charge is 2.31. The number of hydrogen-bond acceptors (Lipinski definition) is 6. The molecule has 6 N–H and O–H groups in total. The Balaban J connectivity index is 1.35. The minimum absolute atomic E-state index is 0.00676. The van der Waals surface area contributed by atoms with E-state index in [1.165, 1.54) is 0 Å². The van der Waals surface area contributed by atoms with Gasteiger partial charge < -0.3 is 26.4 Å². The first-order valence-corrected chi connectivity index (χ1v) is 18.9. The van der Waals surface area contributed by atoms with E-state index in [0.29, 0.717) is 27.9 Å². The van der Waals surface area contributed by atoms with Gasteiger partial charge in [0.1, 0.15) is 18.1 Å². The van der Waals surface area contributed by atoms with E-state index in [-0.39, 0.29) is 38.6 Å². The molecule has 2 aliphatic heterocycles. The van der Waals surface area contributed by atoms with Gasteiger partial charge in [-0.25, -0.2) is 14.6 Å². The third-order valence-corrected chi connectivity index (χ3v) is 9.59. The molecule has 0 unspecified atom stereocenters. The smallest absolute Gasteiger partial charge is 0.337 e. The molecule has 0 radical (unpaired) electrons. The van der Waals surface area contributed by atoms with Crippen LogP contribution in [0.2, 0.25) is 0 Å². The van der Waals surface area contributed by atoms with Crippen LogP contribution in [-0.2, 0) is 49.8 Å². The molecule has 0 saturated carbocycles. The summed E-state index contributed by atoms with van der Waals surface area (Å²) in [6, 6.07) is 36.8. The summed E-state index contributed by atoms with van der Waals surface area (Å²) in [4.78, 5) is 81.1. The van der Waals surface area contributed by atoms with Crippen molar-refractivity contribution in [3.05, 3.63) is 162 Å². The molecule has 2 aliphatic rings. The van der Waals surface area contributed by atoms with Gasteiger partial charge in [-0.15, -0.1) is 0 Å². The van der Waals surface area contributed by atoms with Crippen LogP contribution >= 0.6 is 0 Å². The third kappa shape index (κ3) is 11.6. The normalized spacial score (nSPS) is 18.4. The van der Waals surface area contributed by atoms with Gasteiger partial charge >= 0.3 is 12.0 Å². The highest BCUT2D eigenvalue weighted by atomic mass is 16.4. The van der Waals surface area contributed by atoms with Crippen LogP contribution in [0, 0.1) is 0 Å². The molecule has 7 rings (SSSR count). The van der Waals surface area contributed by atoms with E-state index in [9.17, 15) is 33.9 Å². The fraction of sp³-hybridized carbons (Fsp3) is 0.200. The Kier molecular flexibility index (Phi) is 13.6. The molecule has 6 amide bonds. The van der Waals surface area contributed by atoms with Crippen LogP contribution in [0.15, 0.2) is 140 Å². The van der Waals surface area contributed by atoms with E-state index in [1.807, 2.05) is 66.7 Å². The average Bonchev–Trinajstić information content (AvgIpc) is 3.23. The van der Waals surface area contributed by atoms with Crippen LogP contribution in [0.1, 0.15) is 35.1 Å². The second-order valence-corrected chi connectivity index (χ2v) is 14.0. The van der Waals surface area contributed by atoms with Gasteiger partial charge in [-0.2, -0.15) is 0 Å². The second kappa shape index (κ2) is 19.5. The Hall–Kier alpha value is -7.28. The number of carbonyl (C=O) groups is 6. The number of fused-ring (bicyclic) bond motifs is 18. The average molecular weight is 781 g/mol. The van der Waals surface area contributed by atoms with Crippen LogP contribution in [0.3, 0.4) is 0 Å². The van der Waals surface area contributed by atoms with Gasteiger partial charge in [-0.1, -0.05) is 127 Å². The van der Waals surface area contributed by atoms with Crippen molar-refractivity contribution in [2.24, 2.45) is 0 Å².